The van der Waals surface area contributed by atoms with Gasteiger partial charge < -0.3 is 14.2 Å². The first kappa shape index (κ1) is 25.9. The number of halogens is 2. The van der Waals surface area contributed by atoms with Gasteiger partial charge in [0.15, 0.2) is 0 Å². The smallest absolute Gasteiger partial charge is 0.457 e. The number of carbonyl (C=O) groups excluding carboxylic acids is 2. The second-order valence-electron chi connectivity index (χ2n) is 12.9. The summed E-state index contributed by atoms with van der Waals surface area (Å²) in [6.45, 7) is 1.95. The number of alkyl halides is 2. The molecule has 8 nitrogen and oxygen atoms in total. The van der Waals surface area contributed by atoms with Crippen molar-refractivity contribution < 1.29 is 45.6 Å². The molecule has 0 aromatic rings. The van der Waals surface area contributed by atoms with Crippen LogP contribution in [0.1, 0.15) is 77.6 Å². The lowest BCUT2D eigenvalue weighted by Gasteiger charge is -2.60. The van der Waals surface area contributed by atoms with Gasteiger partial charge in [-0.2, -0.15) is 17.2 Å². The second kappa shape index (κ2) is 8.58. The second-order valence-corrected chi connectivity index (χ2v) is 14.4. The van der Waals surface area contributed by atoms with Gasteiger partial charge in [0.25, 0.3) is 0 Å². The van der Waals surface area contributed by atoms with Gasteiger partial charge in [0.05, 0.1) is 5.60 Å². The molecule has 0 aliphatic heterocycles. The van der Waals surface area contributed by atoms with E-state index >= 15 is 0 Å². The molecule has 8 fully saturated rings. The third-order valence-corrected chi connectivity index (χ3v) is 11.6. The lowest BCUT2D eigenvalue weighted by atomic mass is 9.49. The normalized spacial score (nSPS) is 45.7. The van der Waals surface area contributed by atoms with E-state index < -0.39 is 38.6 Å². The van der Waals surface area contributed by atoms with E-state index in [0.717, 1.165) is 50.4 Å². The van der Waals surface area contributed by atoms with E-state index in [1.54, 1.807) is 0 Å². The van der Waals surface area contributed by atoms with Crippen LogP contribution in [0.2, 0.25) is 0 Å². The molecule has 0 heterocycles. The number of carbonyl (C=O) groups is 2. The standard InChI is InChI=1S/C26H36F2O8S/c1-2-25(19-6-14-3-15(8-19)9-20(25)7-14)36-21(29)13-34-24-10-16-4-17(11-24)22(18(5-16)12-24)35-23(30)26(27,28)37(31,32)33/h14-20,22H,2-13H2,1H3,(H,31,32,33). The minimum Gasteiger partial charge on any atom is -0.457 e. The Kier molecular flexibility index (Phi) is 6.01. The van der Waals surface area contributed by atoms with Crippen LogP contribution in [0.3, 0.4) is 0 Å². The molecular weight excluding hydrogens is 510 g/mol. The molecule has 0 aromatic carbocycles. The summed E-state index contributed by atoms with van der Waals surface area (Å²) in [7, 11) is -5.92. The molecule has 37 heavy (non-hydrogen) atoms. The maximum absolute atomic E-state index is 13.8. The van der Waals surface area contributed by atoms with E-state index in [1.165, 1.54) is 6.42 Å². The van der Waals surface area contributed by atoms with E-state index in [9.17, 15) is 26.8 Å². The van der Waals surface area contributed by atoms with Gasteiger partial charge in [-0.25, -0.2) is 9.59 Å². The van der Waals surface area contributed by atoms with Gasteiger partial charge in [-0.05, 0) is 112 Å². The van der Waals surface area contributed by atoms with E-state index in [0.29, 0.717) is 37.5 Å². The summed E-state index contributed by atoms with van der Waals surface area (Å²) < 4.78 is 75.8. The van der Waals surface area contributed by atoms with Crippen molar-refractivity contribution in [2.75, 3.05) is 6.61 Å². The van der Waals surface area contributed by atoms with Gasteiger partial charge in [0, 0.05) is 0 Å². The van der Waals surface area contributed by atoms with Gasteiger partial charge in [-0.3, -0.25) is 4.55 Å². The van der Waals surface area contributed by atoms with Crippen molar-refractivity contribution in [1.82, 2.24) is 0 Å². The zero-order valence-corrected chi connectivity index (χ0v) is 21.9. The molecular formula is C26H36F2O8S. The van der Waals surface area contributed by atoms with Crippen molar-refractivity contribution in [3.8, 4) is 0 Å². The molecule has 8 rings (SSSR count). The Morgan fingerprint density at radius 2 is 1.49 bits per heavy atom. The average Bonchev–Trinajstić information content (AvgIpc) is 2.81. The molecule has 1 N–H and O–H groups in total. The van der Waals surface area contributed by atoms with E-state index in [4.69, 9.17) is 18.8 Å². The SMILES string of the molecule is CCC1(OC(=O)COC23CC4CC(C2)C(OC(=O)C(F)(F)S(=O)(=O)O)C(C4)C3)C2CC3CC(C2)CC1C3. The van der Waals surface area contributed by atoms with Crippen LogP contribution in [0.15, 0.2) is 0 Å². The van der Waals surface area contributed by atoms with Gasteiger partial charge in [0.1, 0.15) is 18.3 Å². The van der Waals surface area contributed by atoms with Crippen LogP contribution in [0.25, 0.3) is 0 Å². The summed E-state index contributed by atoms with van der Waals surface area (Å²) in [6.07, 6.45) is 8.78. The highest BCUT2D eigenvalue weighted by atomic mass is 32.2. The minimum atomic E-state index is -5.92. The molecule has 0 saturated heterocycles. The van der Waals surface area contributed by atoms with Gasteiger partial charge in [-0.15, -0.1) is 0 Å². The van der Waals surface area contributed by atoms with Crippen molar-refractivity contribution in [2.45, 2.75) is 100 Å². The number of hydrogen-bond acceptors (Lipinski definition) is 7. The Bertz CT molecular complexity index is 1030. The lowest BCUT2D eigenvalue weighted by Crippen LogP contribution is -2.61. The molecule has 2 unspecified atom stereocenters. The first-order valence-corrected chi connectivity index (χ1v) is 15.2. The highest BCUT2D eigenvalue weighted by molar-refractivity contribution is 7.87. The Balaban J connectivity index is 1.09. The van der Waals surface area contributed by atoms with E-state index in [-0.39, 0.29) is 30.3 Å². The highest BCUT2D eigenvalue weighted by Crippen LogP contribution is 2.61. The van der Waals surface area contributed by atoms with Crippen molar-refractivity contribution >= 4 is 22.1 Å². The predicted molar refractivity (Wildman–Crippen MR) is 125 cm³/mol. The number of ether oxygens (including phenoxy) is 3. The first-order chi connectivity index (χ1) is 17.3. The zero-order chi connectivity index (χ0) is 26.4. The Labute approximate surface area is 215 Å². The van der Waals surface area contributed by atoms with Gasteiger partial charge >= 0.3 is 27.3 Å². The van der Waals surface area contributed by atoms with Crippen LogP contribution >= 0.6 is 0 Å². The first-order valence-electron chi connectivity index (χ1n) is 13.8. The highest BCUT2D eigenvalue weighted by Gasteiger charge is 2.62. The monoisotopic (exact) mass is 546 g/mol. The topological polar surface area (TPSA) is 116 Å². The Morgan fingerprint density at radius 1 is 0.919 bits per heavy atom. The van der Waals surface area contributed by atoms with Crippen LogP contribution in [-0.2, 0) is 33.9 Å². The Hall–Kier alpha value is -1.33. The lowest BCUT2D eigenvalue weighted by molar-refractivity contribution is -0.234. The summed E-state index contributed by atoms with van der Waals surface area (Å²) in [5.74, 6) is -0.483. The summed E-state index contributed by atoms with van der Waals surface area (Å²) in [5, 5.41) is -5.01. The van der Waals surface area contributed by atoms with Crippen molar-refractivity contribution in [3.63, 3.8) is 0 Å². The molecule has 0 aromatic heterocycles. The molecule has 0 spiro atoms. The van der Waals surface area contributed by atoms with Gasteiger partial charge in [0.2, 0.25) is 0 Å². The van der Waals surface area contributed by atoms with Crippen molar-refractivity contribution in [1.29, 1.82) is 0 Å². The van der Waals surface area contributed by atoms with Crippen molar-refractivity contribution in [3.05, 3.63) is 0 Å². The third kappa shape index (κ3) is 4.13. The summed E-state index contributed by atoms with van der Waals surface area (Å²) >= 11 is 0. The molecule has 208 valence electrons. The molecule has 8 aliphatic rings. The largest absolute Gasteiger partial charge is 0.465 e. The fourth-order valence-corrected chi connectivity index (χ4v) is 10.1. The summed E-state index contributed by atoms with van der Waals surface area (Å²) in [6, 6.07) is 0. The minimum absolute atomic E-state index is 0.161. The Morgan fingerprint density at radius 3 is 2.00 bits per heavy atom. The van der Waals surface area contributed by atoms with Crippen molar-refractivity contribution in [2.24, 2.45) is 41.4 Å². The van der Waals surface area contributed by atoms with Crippen LogP contribution in [0.5, 0.6) is 0 Å². The molecule has 0 radical (unpaired) electrons. The zero-order valence-electron chi connectivity index (χ0n) is 21.1. The molecule has 11 heteroatoms. The third-order valence-electron chi connectivity index (χ3n) is 10.8. The van der Waals surface area contributed by atoms with Crippen LogP contribution in [0, 0.1) is 41.4 Å². The van der Waals surface area contributed by atoms with E-state index in [1.807, 2.05) is 0 Å². The fourth-order valence-electron chi connectivity index (χ4n) is 9.82. The molecule has 8 bridgehead atoms. The number of esters is 2. The maximum atomic E-state index is 13.8. The summed E-state index contributed by atoms with van der Waals surface area (Å²) in [5.41, 5.74) is -1.000. The van der Waals surface area contributed by atoms with Crippen LogP contribution < -0.4 is 0 Å². The molecule has 2 atom stereocenters. The maximum Gasteiger partial charge on any atom is 0.465 e. The molecule has 0 amide bonds. The van der Waals surface area contributed by atoms with Crippen LogP contribution in [0.4, 0.5) is 8.78 Å². The van der Waals surface area contributed by atoms with Crippen LogP contribution in [-0.4, -0.2) is 54.1 Å². The number of rotatable bonds is 8. The predicted octanol–water partition coefficient (Wildman–Crippen LogP) is 4.12. The fraction of sp³-hybridized carbons (Fsp3) is 0.923. The van der Waals surface area contributed by atoms with Gasteiger partial charge in [-0.1, -0.05) is 6.92 Å². The quantitative estimate of drug-likeness (QED) is 0.357. The molecule has 8 aliphatic carbocycles. The molecule has 8 saturated carbocycles. The summed E-state index contributed by atoms with van der Waals surface area (Å²) in [4.78, 5) is 25.1. The number of hydrogen-bond donors (Lipinski definition) is 1. The van der Waals surface area contributed by atoms with E-state index in [2.05, 4.69) is 6.92 Å². The average molecular weight is 547 g/mol.